The fourth-order valence-electron chi connectivity index (χ4n) is 4.17. The summed E-state index contributed by atoms with van der Waals surface area (Å²) < 4.78 is 24.2. The molecule has 182 valence electrons. The molecule has 0 radical (unpaired) electrons. The number of nitrogens with zero attached hydrogens (tertiary/aromatic N) is 6. The summed E-state index contributed by atoms with van der Waals surface area (Å²) in [5.74, 6) is -0.0386. The number of imidazole rings is 1. The molecule has 4 heterocycles. The minimum Gasteiger partial charge on any atom is -0.378 e. The van der Waals surface area contributed by atoms with E-state index in [9.17, 15) is 9.18 Å². The van der Waals surface area contributed by atoms with Crippen molar-refractivity contribution in [3.63, 3.8) is 0 Å². The Labute approximate surface area is 202 Å². The summed E-state index contributed by atoms with van der Waals surface area (Å²) in [4.78, 5) is 19.3. The number of aryl methyl sites for hydroxylation is 1. The Morgan fingerprint density at radius 3 is 2.60 bits per heavy atom. The normalized spacial score (nSPS) is 14.5. The summed E-state index contributed by atoms with van der Waals surface area (Å²) in [6.07, 6.45) is 4.95. The van der Waals surface area contributed by atoms with Crippen molar-refractivity contribution in [1.29, 1.82) is 0 Å². The molecule has 0 aliphatic carbocycles. The molecule has 3 aromatic heterocycles. The molecule has 1 fully saturated rings. The lowest BCUT2D eigenvalue weighted by Crippen LogP contribution is -2.37. The number of benzene rings is 1. The molecule has 1 N–H and O–H groups in total. The number of rotatable bonds is 4. The molecular weight excluding hydrogens is 449 g/mol. The Morgan fingerprint density at radius 2 is 1.89 bits per heavy atom. The van der Waals surface area contributed by atoms with Crippen molar-refractivity contribution in [2.75, 3.05) is 36.5 Å². The smallest absolute Gasteiger partial charge is 0.275 e. The number of hydrogen-bond acceptors (Lipinski definition) is 6. The van der Waals surface area contributed by atoms with Gasteiger partial charge in [0.1, 0.15) is 23.7 Å². The van der Waals surface area contributed by atoms with Gasteiger partial charge in [0.25, 0.3) is 5.91 Å². The van der Waals surface area contributed by atoms with Crippen LogP contribution < -0.4 is 10.2 Å². The Balaban J connectivity index is 1.51. The summed E-state index contributed by atoms with van der Waals surface area (Å²) in [6.45, 7) is 10.7. The zero-order chi connectivity index (χ0) is 24.7. The van der Waals surface area contributed by atoms with Crippen LogP contribution in [-0.2, 0) is 10.3 Å². The number of ether oxygens (including phenoxy) is 1. The maximum absolute atomic E-state index is 14.9. The van der Waals surface area contributed by atoms with Crippen molar-refractivity contribution in [2.45, 2.75) is 33.2 Å². The Hall–Kier alpha value is -3.79. The maximum Gasteiger partial charge on any atom is 0.275 e. The number of anilines is 2. The number of fused-ring (bicyclic) bond motifs is 1. The van der Waals surface area contributed by atoms with Gasteiger partial charge in [-0.15, -0.1) is 10.2 Å². The van der Waals surface area contributed by atoms with Gasteiger partial charge in [-0.25, -0.2) is 9.37 Å². The predicted molar refractivity (Wildman–Crippen MR) is 131 cm³/mol. The first-order valence-corrected chi connectivity index (χ1v) is 11.5. The van der Waals surface area contributed by atoms with Crippen molar-refractivity contribution >= 4 is 23.1 Å². The second-order valence-corrected chi connectivity index (χ2v) is 9.70. The molecule has 0 bridgehead atoms. The third kappa shape index (κ3) is 4.49. The molecule has 0 atom stereocenters. The summed E-state index contributed by atoms with van der Waals surface area (Å²) in [5, 5.41) is 11.0. The van der Waals surface area contributed by atoms with Crippen molar-refractivity contribution in [3.8, 4) is 11.1 Å². The summed E-state index contributed by atoms with van der Waals surface area (Å²) in [6, 6.07) is 7.04. The lowest BCUT2D eigenvalue weighted by Gasteiger charge is -2.29. The van der Waals surface area contributed by atoms with Crippen LogP contribution in [0.4, 0.5) is 15.9 Å². The zero-order valence-electron chi connectivity index (χ0n) is 20.2. The van der Waals surface area contributed by atoms with Crippen molar-refractivity contribution in [3.05, 3.63) is 60.2 Å². The van der Waals surface area contributed by atoms with Gasteiger partial charge in [-0.3, -0.25) is 9.20 Å². The van der Waals surface area contributed by atoms with Crippen LogP contribution in [0.25, 0.3) is 16.8 Å². The van der Waals surface area contributed by atoms with Crippen molar-refractivity contribution in [2.24, 2.45) is 0 Å². The first kappa shape index (κ1) is 23.0. The summed E-state index contributed by atoms with van der Waals surface area (Å²) >= 11 is 0. The van der Waals surface area contributed by atoms with Crippen LogP contribution >= 0.6 is 0 Å². The van der Waals surface area contributed by atoms with Gasteiger partial charge in [-0.2, -0.15) is 0 Å². The first-order valence-electron chi connectivity index (χ1n) is 11.5. The fourth-order valence-corrected chi connectivity index (χ4v) is 4.17. The minimum absolute atomic E-state index is 0.0928. The number of nitrogens with one attached hydrogen (secondary N) is 1. The van der Waals surface area contributed by atoms with Crippen molar-refractivity contribution in [1.82, 2.24) is 24.1 Å². The molecule has 1 saturated heterocycles. The minimum atomic E-state index is -0.508. The van der Waals surface area contributed by atoms with Gasteiger partial charge in [0.2, 0.25) is 0 Å². The highest BCUT2D eigenvalue weighted by molar-refractivity contribution is 6.03. The number of morpholine rings is 1. The van der Waals surface area contributed by atoms with E-state index >= 15 is 0 Å². The van der Waals surface area contributed by atoms with E-state index < -0.39 is 11.7 Å². The third-order valence-electron chi connectivity index (χ3n) is 6.19. The van der Waals surface area contributed by atoms with Gasteiger partial charge in [-0.05, 0) is 68.7 Å². The van der Waals surface area contributed by atoms with Crippen LogP contribution in [0.1, 0.15) is 36.8 Å². The average Bonchev–Trinajstić information content (AvgIpc) is 3.50. The number of halogens is 1. The Kier molecular flexibility index (Phi) is 5.76. The zero-order valence-corrected chi connectivity index (χ0v) is 20.2. The first-order chi connectivity index (χ1) is 16.7. The maximum atomic E-state index is 14.9. The molecule has 35 heavy (non-hydrogen) atoms. The molecule has 10 heteroatoms. The highest BCUT2D eigenvalue weighted by Crippen LogP contribution is 2.33. The van der Waals surface area contributed by atoms with E-state index in [1.807, 2.05) is 48.8 Å². The average molecular weight is 478 g/mol. The molecule has 0 unspecified atom stereocenters. The topological polar surface area (TPSA) is 89.6 Å². The molecule has 0 spiro atoms. The van der Waals surface area contributed by atoms with Gasteiger partial charge in [-0.1, -0.05) is 0 Å². The van der Waals surface area contributed by atoms with Gasteiger partial charge in [0.15, 0.2) is 5.65 Å². The van der Waals surface area contributed by atoms with Crippen LogP contribution in [0.2, 0.25) is 0 Å². The molecule has 5 rings (SSSR count). The lowest BCUT2D eigenvalue weighted by molar-refractivity contribution is 0.102. The predicted octanol–water partition coefficient (Wildman–Crippen LogP) is 3.88. The fraction of sp³-hybridized carbons (Fsp3) is 0.360. The number of carbonyl (C=O) groups is 1. The molecular formula is C25H28FN7O2. The largest absolute Gasteiger partial charge is 0.378 e. The van der Waals surface area contributed by atoms with Gasteiger partial charge in [0.05, 0.1) is 25.2 Å². The van der Waals surface area contributed by atoms with Crippen LogP contribution in [0.3, 0.4) is 0 Å². The lowest BCUT2D eigenvalue weighted by atomic mass is 9.99. The summed E-state index contributed by atoms with van der Waals surface area (Å²) in [5.41, 5.74) is 3.18. The van der Waals surface area contributed by atoms with E-state index in [0.717, 1.165) is 35.6 Å². The van der Waals surface area contributed by atoms with E-state index in [2.05, 4.69) is 25.4 Å². The number of hydrogen-bond donors (Lipinski definition) is 1. The number of amides is 1. The van der Waals surface area contributed by atoms with Crippen molar-refractivity contribution < 1.29 is 13.9 Å². The molecule has 1 aromatic carbocycles. The molecule has 9 nitrogen and oxygen atoms in total. The molecule has 0 saturated carbocycles. The van der Waals surface area contributed by atoms with Gasteiger partial charge >= 0.3 is 0 Å². The molecule has 1 aliphatic heterocycles. The van der Waals surface area contributed by atoms with E-state index in [4.69, 9.17) is 4.74 Å². The van der Waals surface area contributed by atoms with Crippen LogP contribution in [0, 0.1) is 12.7 Å². The quantitative estimate of drug-likeness (QED) is 0.480. The monoisotopic (exact) mass is 477 g/mol. The number of aromatic nitrogens is 5. The van der Waals surface area contributed by atoms with Gasteiger partial charge in [0, 0.05) is 24.8 Å². The van der Waals surface area contributed by atoms with E-state index in [0.29, 0.717) is 18.9 Å². The highest BCUT2D eigenvalue weighted by atomic mass is 19.1. The van der Waals surface area contributed by atoms with E-state index in [1.54, 1.807) is 24.9 Å². The Bertz CT molecular complexity index is 1400. The number of carbonyl (C=O) groups excluding carboxylic acids is 1. The molecule has 1 amide bonds. The number of pyridine rings is 1. The van der Waals surface area contributed by atoms with Gasteiger partial charge < -0.3 is 19.5 Å². The van der Waals surface area contributed by atoms with Crippen LogP contribution in [0.5, 0.6) is 0 Å². The second-order valence-electron chi connectivity index (χ2n) is 9.70. The van der Waals surface area contributed by atoms with E-state index in [1.165, 1.54) is 6.07 Å². The summed E-state index contributed by atoms with van der Waals surface area (Å²) in [7, 11) is 0. The van der Waals surface area contributed by atoms with E-state index in [-0.39, 0.29) is 16.9 Å². The van der Waals surface area contributed by atoms with Crippen LogP contribution in [-0.4, -0.2) is 56.4 Å². The SMILES string of the molecule is Cc1cc(F)c(NC(=O)c2cn(C(C)(C)C)cn2)cc1-c1cc(N2CCOCC2)n2cnnc2c1. The standard InChI is InChI=1S/C25H28FN7O2/c1-16-9-19(26)20(29-24(34)21-13-32(14-27-21)25(2,3)4)12-18(16)17-10-22-30-28-15-33(22)23(11-17)31-5-7-35-8-6-31/h9-15H,5-8H2,1-4H3,(H,29,34). The van der Waals surface area contributed by atoms with Crippen LogP contribution in [0.15, 0.2) is 43.1 Å². The molecule has 1 aliphatic rings. The third-order valence-corrected chi connectivity index (χ3v) is 6.19. The molecule has 4 aromatic rings. The Morgan fingerprint density at radius 1 is 1.11 bits per heavy atom. The highest BCUT2D eigenvalue weighted by Gasteiger charge is 2.20. The second kappa shape index (κ2) is 8.77.